The zero-order chi connectivity index (χ0) is 11.7. The lowest BCUT2D eigenvalue weighted by Crippen LogP contribution is -2.21. The van der Waals surface area contributed by atoms with Crippen molar-refractivity contribution in [3.8, 4) is 5.75 Å². The Morgan fingerprint density at radius 3 is 2.75 bits per heavy atom. The van der Waals surface area contributed by atoms with Gasteiger partial charge in [0.05, 0.1) is 0 Å². The number of rotatable bonds is 3. The van der Waals surface area contributed by atoms with Gasteiger partial charge in [0, 0.05) is 12.5 Å². The van der Waals surface area contributed by atoms with Gasteiger partial charge in [-0.05, 0) is 37.1 Å². The summed E-state index contributed by atoms with van der Waals surface area (Å²) in [5.74, 6) is 1.66. The zero-order valence-electron chi connectivity index (χ0n) is 10.6. The molecular formula is C14H21NO. The predicted octanol–water partition coefficient (Wildman–Crippen LogP) is 2.93. The van der Waals surface area contributed by atoms with Gasteiger partial charge in [-0.2, -0.15) is 0 Å². The normalized spacial score (nSPS) is 20.7. The van der Waals surface area contributed by atoms with Gasteiger partial charge in [-0.1, -0.05) is 26.0 Å². The zero-order valence-corrected chi connectivity index (χ0v) is 10.6. The van der Waals surface area contributed by atoms with Crippen LogP contribution in [-0.2, 0) is 6.42 Å². The van der Waals surface area contributed by atoms with E-state index in [1.807, 2.05) is 7.05 Å². The molecule has 0 amide bonds. The molecular weight excluding hydrogens is 198 g/mol. The minimum Gasteiger partial charge on any atom is -0.490 e. The average Bonchev–Trinajstić information content (AvgIpc) is 2.57. The predicted molar refractivity (Wildman–Crippen MR) is 66.9 cm³/mol. The van der Waals surface area contributed by atoms with Gasteiger partial charge in [-0.15, -0.1) is 0 Å². The van der Waals surface area contributed by atoms with Crippen LogP contribution in [0.2, 0.25) is 0 Å². The highest BCUT2D eigenvalue weighted by atomic mass is 16.5. The van der Waals surface area contributed by atoms with Gasteiger partial charge < -0.3 is 10.1 Å². The Morgan fingerprint density at radius 2 is 2.12 bits per heavy atom. The minimum atomic E-state index is 0.331. The summed E-state index contributed by atoms with van der Waals surface area (Å²) in [6.07, 6.45) is 1.37. The Labute approximate surface area is 98.0 Å². The van der Waals surface area contributed by atoms with E-state index in [2.05, 4.69) is 44.3 Å². The van der Waals surface area contributed by atoms with Crippen molar-refractivity contribution < 1.29 is 4.74 Å². The van der Waals surface area contributed by atoms with E-state index in [1.54, 1.807) is 0 Å². The van der Waals surface area contributed by atoms with Crippen LogP contribution >= 0.6 is 0 Å². The molecule has 2 nitrogen and oxygen atoms in total. The van der Waals surface area contributed by atoms with Crippen LogP contribution in [0.1, 0.15) is 37.9 Å². The second-order valence-electron chi connectivity index (χ2n) is 5.01. The summed E-state index contributed by atoms with van der Waals surface area (Å²) < 4.78 is 5.72. The van der Waals surface area contributed by atoms with Crippen LogP contribution in [0.25, 0.3) is 0 Å². The van der Waals surface area contributed by atoms with Crippen LogP contribution in [-0.4, -0.2) is 13.2 Å². The first-order valence-corrected chi connectivity index (χ1v) is 6.08. The molecule has 2 atom stereocenters. The Balaban J connectivity index is 2.28. The Morgan fingerprint density at radius 1 is 1.38 bits per heavy atom. The van der Waals surface area contributed by atoms with Crippen molar-refractivity contribution in [1.82, 2.24) is 5.32 Å². The molecule has 1 aliphatic heterocycles. The second-order valence-corrected chi connectivity index (χ2v) is 5.01. The molecule has 1 N–H and O–H groups in total. The first-order chi connectivity index (χ1) is 7.61. The highest BCUT2D eigenvalue weighted by molar-refractivity contribution is 5.41. The molecule has 0 aromatic heterocycles. The topological polar surface area (TPSA) is 21.3 Å². The van der Waals surface area contributed by atoms with Crippen molar-refractivity contribution in [2.45, 2.75) is 39.3 Å². The molecule has 0 bridgehead atoms. The molecule has 0 aliphatic carbocycles. The summed E-state index contributed by atoms with van der Waals surface area (Å²) in [5, 5.41) is 3.38. The van der Waals surface area contributed by atoms with E-state index in [9.17, 15) is 0 Å². The lowest BCUT2D eigenvalue weighted by atomic mass is 9.94. The quantitative estimate of drug-likeness (QED) is 0.844. The van der Waals surface area contributed by atoms with Crippen LogP contribution in [0.15, 0.2) is 18.2 Å². The third-order valence-electron chi connectivity index (χ3n) is 3.26. The van der Waals surface area contributed by atoms with Gasteiger partial charge in [-0.25, -0.2) is 0 Å². The Kier molecular flexibility index (Phi) is 3.20. The van der Waals surface area contributed by atoms with Gasteiger partial charge in [0.1, 0.15) is 11.9 Å². The third kappa shape index (κ3) is 2.07. The number of fused-ring (bicyclic) bond motifs is 1. The van der Waals surface area contributed by atoms with E-state index in [1.165, 1.54) is 11.1 Å². The van der Waals surface area contributed by atoms with E-state index >= 15 is 0 Å². The van der Waals surface area contributed by atoms with Gasteiger partial charge in [0.25, 0.3) is 0 Å². The van der Waals surface area contributed by atoms with E-state index in [4.69, 9.17) is 4.74 Å². The maximum absolute atomic E-state index is 5.72. The number of hydrogen-bond acceptors (Lipinski definition) is 2. The van der Waals surface area contributed by atoms with Gasteiger partial charge in [0.2, 0.25) is 0 Å². The second kappa shape index (κ2) is 4.46. The Hall–Kier alpha value is -1.02. The monoisotopic (exact) mass is 219 g/mol. The molecule has 0 radical (unpaired) electrons. The summed E-state index contributed by atoms with van der Waals surface area (Å²) in [5.41, 5.74) is 2.72. The van der Waals surface area contributed by atoms with Crippen molar-refractivity contribution in [1.29, 1.82) is 0 Å². The maximum Gasteiger partial charge on any atom is 0.123 e. The molecule has 0 fully saturated rings. The molecule has 0 spiro atoms. The molecule has 1 aliphatic rings. The number of ether oxygens (including phenoxy) is 1. The molecule has 2 rings (SSSR count). The van der Waals surface area contributed by atoms with Crippen LogP contribution in [0, 0.1) is 5.92 Å². The van der Waals surface area contributed by atoms with Crippen LogP contribution in [0.3, 0.4) is 0 Å². The van der Waals surface area contributed by atoms with Crippen molar-refractivity contribution >= 4 is 0 Å². The summed E-state index contributed by atoms with van der Waals surface area (Å²) in [6, 6.07) is 7.01. The van der Waals surface area contributed by atoms with Crippen molar-refractivity contribution in [2.75, 3.05) is 7.05 Å². The van der Waals surface area contributed by atoms with Crippen LogP contribution in [0.5, 0.6) is 5.75 Å². The highest BCUT2D eigenvalue weighted by Crippen LogP contribution is 2.32. The SMILES string of the molecule is CNC(c1ccc2c(c1)CC(C)O2)C(C)C. The van der Waals surface area contributed by atoms with Crippen LogP contribution in [0.4, 0.5) is 0 Å². The van der Waals surface area contributed by atoms with Gasteiger partial charge >= 0.3 is 0 Å². The minimum absolute atomic E-state index is 0.331. The average molecular weight is 219 g/mol. The van der Waals surface area contributed by atoms with Gasteiger partial charge in [0.15, 0.2) is 0 Å². The highest BCUT2D eigenvalue weighted by Gasteiger charge is 2.21. The lowest BCUT2D eigenvalue weighted by molar-refractivity contribution is 0.254. The molecule has 0 saturated heterocycles. The van der Waals surface area contributed by atoms with E-state index in [0.29, 0.717) is 18.1 Å². The third-order valence-corrected chi connectivity index (χ3v) is 3.26. The number of hydrogen-bond donors (Lipinski definition) is 1. The lowest BCUT2D eigenvalue weighted by Gasteiger charge is -2.21. The molecule has 2 heteroatoms. The van der Waals surface area contributed by atoms with E-state index < -0.39 is 0 Å². The molecule has 16 heavy (non-hydrogen) atoms. The first kappa shape index (κ1) is 11.5. The number of benzene rings is 1. The molecule has 2 unspecified atom stereocenters. The van der Waals surface area contributed by atoms with Crippen molar-refractivity contribution in [3.63, 3.8) is 0 Å². The number of nitrogens with one attached hydrogen (secondary N) is 1. The molecule has 1 aromatic carbocycles. The fourth-order valence-corrected chi connectivity index (χ4v) is 2.52. The molecule has 88 valence electrons. The fraction of sp³-hybridized carbons (Fsp3) is 0.571. The van der Waals surface area contributed by atoms with Crippen LogP contribution < -0.4 is 10.1 Å². The molecule has 1 heterocycles. The fourth-order valence-electron chi connectivity index (χ4n) is 2.52. The van der Waals surface area contributed by atoms with E-state index in [-0.39, 0.29) is 0 Å². The van der Waals surface area contributed by atoms with Crippen molar-refractivity contribution in [3.05, 3.63) is 29.3 Å². The summed E-state index contributed by atoms with van der Waals surface area (Å²) in [4.78, 5) is 0. The standard InChI is InChI=1S/C14H21NO/c1-9(2)14(15-4)11-5-6-13-12(8-11)7-10(3)16-13/h5-6,8-10,14-15H,7H2,1-4H3. The van der Waals surface area contributed by atoms with Gasteiger partial charge in [-0.3, -0.25) is 0 Å². The summed E-state index contributed by atoms with van der Waals surface area (Å²) >= 11 is 0. The first-order valence-electron chi connectivity index (χ1n) is 6.08. The summed E-state index contributed by atoms with van der Waals surface area (Å²) in [6.45, 7) is 6.61. The van der Waals surface area contributed by atoms with Crippen molar-refractivity contribution in [2.24, 2.45) is 5.92 Å². The maximum atomic E-state index is 5.72. The Bertz CT molecular complexity index is 373. The summed E-state index contributed by atoms with van der Waals surface area (Å²) in [7, 11) is 2.02. The molecule has 1 aromatic rings. The molecule has 0 saturated carbocycles. The van der Waals surface area contributed by atoms with E-state index in [0.717, 1.165) is 12.2 Å². The smallest absolute Gasteiger partial charge is 0.123 e. The largest absolute Gasteiger partial charge is 0.490 e.